The number of rotatable bonds is 2. The van der Waals surface area contributed by atoms with E-state index in [9.17, 15) is 4.79 Å². The molecule has 15 heavy (non-hydrogen) atoms. The Labute approximate surface area is 89.1 Å². The van der Waals surface area contributed by atoms with Crippen LogP contribution in [0.2, 0.25) is 0 Å². The molecule has 0 aliphatic heterocycles. The van der Waals surface area contributed by atoms with Gasteiger partial charge < -0.3 is 4.90 Å². The van der Waals surface area contributed by atoms with E-state index in [0.29, 0.717) is 0 Å². The van der Waals surface area contributed by atoms with Crippen LogP contribution in [0.5, 0.6) is 0 Å². The molecule has 0 saturated carbocycles. The third-order valence-electron chi connectivity index (χ3n) is 2.54. The van der Waals surface area contributed by atoms with Gasteiger partial charge in [-0.25, -0.2) is 0 Å². The number of nitrogens with zero attached hydrogens (tertiary/aromatic N) is 1. The molecular formula is C13H13NO. The molecule has 0 N–H and O–H groups in total. The third-order valence-corrected chi connectivity index (χ3v) is 2.54. The maximum Gasteiger partial charge on any atom is 0.150 e. The third kappa shape index (κ3) is 1.71. The molecule has 0 atom stereocenters. The Morgan fingerprint density at radius 3 is 2.60 bits per heavy atom. The highest BCUT2D eigenvalue weighted by molar-refractivity contribution is 5.99. The van der Waals surface area contributed by atoms with Gasteiger partial charge in [-0.05, 0) is 22.9 Å². The van der Waals surface area contributed by atoms with Gasteiger partial charge in [0.25, 0.3) is 0 Å². The van der Waals surface area contributed by atoms with Gasteiger partial charge in [0.2, 0.25) is 0 Å². The van der Waals surface area contributed by atoms with Crippen LogP contribution < -0.4 is 4.90 Å². The van der Waals surface area contributed by atoms with Crippen molar-refractivity contribution < 1.29 is 4.79 Å². The molecule has 2 aromatic rings. The van der Waals surface area contributed by atoms with Crippen molar-refractivity contribution in [3.8, 4) is 0 Å². The van der Waals surface area contributed by atoms with Crippen LogP contribution in [0.3, 0.4) is 0 Å². The molecule has 2 nitrogen and oxygen atoms in total. The van der Waals surface area contributed by atoms with Crippen molar-refractivity contribution in [1.82, 2.24) is 0 Å². The molecular weight excluding hydrogens is 186 g/mol. The van der Waals surface area contributed by atoms with E-state index in [1.165, 1.54) is 0 Å². The monoisotopic (exact) mass is 199 g/mol. The number of fused-ring (bicyclic) bond motifs is 1. The van der Waals surface area contributed by atoms with E-state index in [1.54, 1.807) is 0 Å². The number of benzene rings is 2. The quantitative estimate of drug-likeness (QED) is 0.693. The first kappa shape index (κ1) is 9.71. The van der Waals surface area contributed by atoms with E-state index in [0.717, 1.165) is 28.3 Å². The van der Waals surface area contributed by atoms with E-state index in [4.69, 9.17) is 0 Å². The molecule has 0 aliphatic rings. The van der Waals surface area contributed by atoms with Gasteiger partial charge in [0.1, 0.15) is 0 Å². The van der Waals surface area contributed by atoms with Gasteiger partial charge in [0, 0.05) is 25.3 Å². The fourth-order valence-electron chi connectivity index (χ4n) is 1.68. The average Bonchev–Trinajstić information content (AvgIpc) is 2.27. The molecule has 76 valence electrons. The van der Waals surface area contributed by atoms with Crippen LogP contribution >= 0.6 is 0 Å². The zero-order chi connectivity index (χ0) is 10.8. The molecule has 0 unspecified atom stereocenters. The minimum Gasteiger partial charge on any atom is -0.378 e. The molecule has 0 heterocycles. The van der Waals surface area contributed by atoms with Crippen LogP contribution in [0.15, 0.2) is 36.4 Å². The Morgan fingerprint density at radius 1 is 1.13 bits per heavy atom. The molecule has 2 heteroatoms. The number of aldehydes is 1. The molecule has 0 fully saturated rings. The predicted molar refractivity (Wildman–Crippen MR) is 63.7 cm³/mol. The van der Waals surface area contributed by atoms with Gasteiger partial charge in [0.15, 0.2) is 6.29 Å². The van der Waals surface area contributed by atoms with Crippen molar-refractivity contribution in [2.45, 2.75) is 0 Å². The van der Waals surface area contributed by atoms with Gasteiger partial charge in [-0.2, -0.15) is 0 Å². The first-order valence-electron chi connectivity index (χ1n) is 4.87. The summed E-state index contributed by atoms with van der Waals surface area (Å²) in [6, 6.07) is 11.9. The summed E-state index contributed by atoms with van der Waals surface area (Å²) in [7, 11) is 4.01. The van der Waals surface area contributed by atoms with Crippen molar-refractivity contribution in [3.63, 3.8) is 0 Å². The Hall–Kier alpha value is -1.83. The van der Waals surface area contributed by atoms with Crippen molar-refractivity contribution in [1.29, 1.82) is 0 Å². The molecule has 0 radical (unpaired) electrons. The SMILES string of the molecule is CN(C)c1ccc2c(C=O)cccc2c1. The first-order chi connectivity index (χ1) is 7.22. The summed E-state index contributed by atoms with van der Waals surface area (Å²) in [4.78, 5) is 12.9. The molecule has 2 aromatic carbocycles. The average molecular weight is 199 g/mol. The Morgan fingerprint density at radius 2 is 1.93 bits per heavy atom. The highest BCUT2D eigenvalue weighted by atomic mass is 16.1. The Kier molecular flexibility index (Phi) is 2.42. The van der Waals surface area contributed by atoms with E-state index in [-0.39, 0.29) is 0 Å². The summed E-state index contributed by atoms with van der Waals surface area (Å²) < 4.78 is 0. The maximum absolute atomic E-state index is 10.8. The van der Waals surface area contributed by atoms with E-state index in [1.807, 2.05) is 49.3 Å². The minimum atomic E-state index is 0.748. The van der Waals surface area contributed by atoms with Crippen LogP contribution in [0, 0.1) is 0 Å². The molecule has 0 aromatic heterocycles. The summed E-state index contributed by atoms with van der Waals surface area (Å²) in [5.74, 6) is 0. The van der Waals surface area contributed by atoms with Crippen molar-refractivity contribution in [3.05, 3.63) is 42.0 Å². The second kappa shape index (κ2) is 3.73. The summed E-state index contributed by atoms with van der Waals surface area (Å²) in [6.07, 6.45) is 0.900. The van der Waals surface area contributed by atoms with Gasteiger partial charge in [-0.3, -0.25) is 4.79 Å². The number of hydrogen-bond donors (Lipinski definition) is 0. The number of hydrogen-bond acceptors (Lipinski definition) is 2. The summed E-state index contributed by atoms with van der Waals surface area (Å²) >= 11 is 0. The Bertz CT molecular complexity index is 503. The fourth-order valence-corrected chi connectivity index (χ4v) is 1.68. The molecule has 2 rings (SSSR count). The Balaban J connectivity index is 2.69. The zero-order valence-electron chi connectivity index (χ0n) is 8.90. The standard InChI is InChI=1S/C13H13NO/c1-14(2)12-6-7-13-10(8-12)4-3-5-11(13)9-15/h3-9H,1-2H3. The van der Waals surface area contributed by atoms with Gasteiger partial charge >= 0.3 is 0 Å². The largest absolute Gasteiger partial charge is 0.378 e. The van der Waals surface area contributed by atoms with Crippen LogP contribution in [0.25, 0.3) is 10.8 Å². The van der Waals surface area contributed by atoms with Crippen LogP contribution in [0.1, 0.15) is 10.4 Å². The molecule has 0 spiro atoms. The lowest BCUT2D eigenvalue weighted by Crippen LogP contribution is -2.08. The van der Waals surface area contributed by atoms with Crippen molar-refractivity contribution in [2.75, 3.05) is 19.0 Å². The number of carbonyl (C=O) groups excluding carboxylic acids is 1. The maximum atomic E-state index is 10.8. The normalized spacial score (nSPS) is 10.3. The molecule has 0 bridgehead atoms. The van der Waals surface area contributed by atoms with Crippen molar-refractivity contribution >= 4 is 22.7 Å². The number of anilines is 1. The number of carbonyl (C=O) groups is 1. The molecule has 0 amide bonds. The lowest BCUT2D eigenvalue weighted by atomic mass is 10.0. The summed E-state index contributed by atoms with van der Waals surface area (Å²) in [6.45, 7) is 0. The smallest absolute Gasteiger partial charge is 0.150 e. The summed E-state index contributed by atoms with van der Waals surface area (Å²) in [5, 5.41) is 2.11. The highest BCUT2D eigenvalue weighted by Crippen LogP contribution is 2.22. The highest BCUT2D eigenvalue weighted by Gasteiger charge is 2.01. The van der Waals surface area contributed by atoms with Crippen LogP contribution in [-0.2, 0) is 0 Å². The molecule has 0 saturated heterocycles. The van der Waals surface area contributed by atoms with Gasteiger partial charge in [-0.1, -0.05) is 24.3 Å². The topological polar surface area (TPSA) is 20.3 Å². The second-order valence-electron chi connectivity index (χ2n) is 3.76. The second-order valence-corrected chi connectivity index (χ2v) is 3.76. The minimum absolute atomic E-state index is 0.748. The lowest BCUT2D eigenvalue weighted by molar-refractivity contribution is 0.112. The van der Waals surface area contributed by atoms with Gasteiger partial charge in [-0.15, -0.1) is 0 Å². The van der Waals surface area contributed by atoms with E-state index in [2.05, 4.69) is 6.07 Å². The lowest BCUT2D eigenvalue weighted by Gasteiger charge is -2.13. The van der Waals surface area contributed by atoms with E-state index >= 15 is 0 Å². The van der Waals surface area contributed by atoms with Gasteiger partial charge in [0.05, 0.1) is 0 Å². The van der Waals surface area contributed by atoms with E-state index < -0.39 is 0 Å². The zero-order valence-corrected chi connectivity index (χ0v) is 8.90. The fraction of sp³-hybridized carbons (Fsp3) is 0.154. The predicted octanol–water partition coefficient (Wildman–Crippen LogP) is 2.72. The van der Waals surface area contributed by atoms with Crippen LogP contribution in [0.4, 0.5) is 5.69 Å². The molecule has 0 aliphatic carbocycles. The van der Waals surface area contributed by atoms with Crippen LogP contribution in [-0.4, -0.2) is 20.4 Å². The first-order valence-corrected chi connectivity index (χ1v) is 4.87. The summed E-state index contributed by atoms with van der Waals surface area (Å²) in [5.41, 5.74) is 1.89. The van der Waals surface area contributed by atoms with Crippen molar-refractivity contribution in [2.24, 2.45) is 0 Å².